The predicted octanol–water partition coefficient (Wildman–Crippen LogP) is 2.61. The maximum Gasteiger partial charge on any atom is 0.0556 e. The summed E-state index contributed by atoms with van der Waals surface area (Å²) in [5.41, 5.74) is 0.592. The number of nitrogens with zero attached hydrogens (tertiary/aromatic N) is 2. The Morgan fingerprint density at radius 1 is 1.11 bits per heavy atom. The van der Waals surface area contributed by atoms with Gasteiger partial charge < -0.3 is 14.5 Å². The van der Waals surface area contributed by atoms with Crippen molar-refractivity contribution in [3.05, 3.63) is 0 Å². The van der Waals surface area contributed by atoms with E-state index in [4.69, 9.17) is 4.74 Å². The molecular formula is C16H32N2O. The van der Waals surface area contributed by atoms with Gasteiger partial charge in [0.15, 0.2) is 0 Å². The number of likely N-dealkylation sites (tertiary alicyclic amines) is 1. The van der Waals surface area contributed by atoms with Crippen LogP contribution < -0.4 is 0 Å². The molecule has 0 unspecified atom stereocenters. The lowest BCUT2D eigenvalue weighted by atomic mass is 9.69. The third kappa shape index (κ3) is 4.44. The molecule has 2 atom stereocenters. The maximum atomic E-state index is 5.91. The van der Waals surface area contributed by atoms with E-state index in [9.17, 15) is 0 Å². The van der Waals surface area contributed by atoms with Crippen LogP contribution in [0.2, 0.25) is 0 Å². The quantitative estimate of drug-likeness (QED) is 0.779. The molecule has 0 aromatic rings. The summed E-state index contributed by atoms with van der Waals surface area (Å²) in [4.78, 5) is 4.95. The molecule has 0 N–H and O–H groups in total. The molecule has 2 saturated heterocycles. The molecule has 19 heavy (non-hydrogen) atoms. The van der Waals surface area contributed by atoms with Crippen LogP contribution in [0.15, 0.2) is 0 Å². The van der Waals surface area contributed by atoms with Crippen molar-refractivity contribution in [2.45, 2.75) is 58.2 Å². The fourth-order valence-corrected chi connectivity index (χ4v) is 4.07. The van der Waals surface area contributed by atoms with E-state index in [1.54, 1.807) is 0 Å². The van der Waals surface area contributed by atoms with E-state index in [2.05, 4.69) is 37.7 Å². The van der Waals surface area contributed by atoms with Crippen molar-refractivity contribution in [3.8, 4) is 0 Å². The molecular weight excluding hydrogens is 236 g/mol. The van der Waals surface area contributed by atoms with Gasteiger partial charge in [0.1, 0.15) is 0 Å². The molecule has 0 aliphatic carbocycles. The molecule has 2 fully saturated rings. The predicted molar refractivity (Wildman–Crippen MR) is 80.5 cm³/mol. The van der Waals surface area contributed by atoms with Crippen molar-refractivity contribution in [1.29, 1.82) is 0 Å². The second-order valence-electron chi connectivity index (χ2n) is 7.16. The van der Waals surface area contributed by atoms with Crippen LogP contribution in [0.25, 0.3) is 0 Å². The minimum Gasteiger partial charge on any atom is -0.376 e. The molecule has 2 aliphatic heterocycles. The third-order valence-corrected chi connectivity index (χ3v) is 4.90. The second-order valence-corrected chi connectivity index (χ2v) is 7.16. The van der Waals surface area contributed by atoms with Gasteiger partial charge in [-0.3, -0.25) is 0 Å². The van der Waals surface area contributed by atoms with Crippen LogP contribution in [0.4, 0.5) is 0 Å². The van der Waals surface area contributed by atoms with E-state index in [1.165, 1.54) is 58.3 Å². The Morgan fingerprint density at radius 3 is 2.21 bits per heavy atom. The third-order valence-electron chi connectivity index (χ3n) is 4.90. The first-order valence-electron chi connectivity index (χ1n) is 8.02. The largest absolute Gasteiger partial charge is 0.376 e. The zero-order chi connectivity index (χ0) is 13.9. The van der Waals surface area contributed by atoms with E-state index in [0.717, 1.165) is 0 Å². The number of hydrogen-bond donors (Lipinski definition) is 0. The number of ether oxygens (including phenoxy) is 1. The van der Waals surface area contributed by atoms with E-state index < -0.39 is 0 Å². The highest BCUT2D eigenvalue weighted by molar-refractivity contribution is 4.91. The number of hydrogen-bond acceptors (Lipinski definition) is 3. The van der Waals surface area contributed by atoms with E-state index in [0.29, 0.717) is 17.6 Å². The van der Waals surface area contributed by atoms with Crippen LogP contribution in [-0.2, 0) is 4.74 Å². The summed E-state index contributed by atoms with van der Waals surface area (Å²) in [5.74, 6) is 0. The van der Waals surface area contributed by atoms with Gasteiger partial charge in [0, 0.05) is 0 Å². The van der Waals surface area contributed by atoms with Gasteiger partial charge in [-0.1, -0.05) is 0 Å². The summed E-state index contributed by atoms with van der Waals surface area (Å²) >= 11 is 0. The molecule has 0 amide bonds. The maximum absolute atomic E-state index is 5.91. The SMILES string of the molecule is C[C@@H]1CC2(CCN(CCCN(C)C)CC2)C[C@H](C)O1. The Balaban J connectivity index is 1.75. The van der Waals surface area contributed by atoms with E-state index in [-0.39, 0.29) is 0 Å². The molecule has 0 aromatic heterocycles. The van der Waals surface area contributed by atoms with Crippen LogP contribution in [0.1, 0.15) is 46.0 Å². The van der Waals surface area contributed by atoms with Crippen LogP contribution in [0.3, 0.4) is 0 Å². The summed E-state index contributed by atoms with van der Waals surface area (Å²) in [7, 11) is 4.33. The van der Waals surface area contributed by atoms with E-state index in [1.807, 2.05) is 0 Å². The standard InChI is InChI=1S/C16H32N2O/c1-14-12-16(13-15(2)19-14)6-10-18(11-7-16)9-5-8-17(3)4/h14-15H,5-13H2,1-4H3/t14-,15+. The number of rotatable bonds is 4. The van der Waals surface area contributed by atoms with E-state index >= 15 is 0 Å². The summed E-state index contributed by atoms with van der Waals surface area (Å²) in [5, 5.41) is 0. The van der Waals surface area contributed by atoms with Crippen LogP contribution in [-0.4, -0.2) is 62.3 Å². The van der Waals surface area contributed by atoms with Crippen molar-refractivity contribution in [3.63, 3.8) is 0 Å². The number of piperidine rings is 1. The Morgan fingerprint density at radius 2 is 1.68 bits per heavy atom. The van der Waals surface area contributed by atoms with Gasteiger partial charge in [0.05, 0.1) is 12.2 Å². The Bertz CT molecular complexity index is 260. The van der Waals surface area contributed by atoms with Gasteiger partial charge in [-0.15, -0.1) is 0 Å². The van der Waals surface area contributed by atoms with Crippen molar-refractivity contribution in [2.75, 3.05) is 40.3 Å². The average molecular weight is 268 g/mol. The van der Waals surface area contributed by atoms with Crippen molar-refractivity contribution >= 4 is 0 Å². The van der Waals surface area contributed by atoms with Crippen LogP contribution in [0, 0.1) is 5.41 Å². The fourth-order valence-electron chi connectivity index (χ4n) is 4.07. The van der Waals surface area contributed by atoms with Crippen molar-refractivity contribution < 1.29 is 4.74 Å². The molecule has 2 rings (SSSR count). The first-order valence-corrected chi connectivity index (χ1v) is 8.02. The van der Waals surface area contributed by atoms with Crippen LogP contribution >= 0.6 is 0 Å². The summed E-state index contributed by atoms with van der Waals surface area (Å²) in [6.45, 7) is 9.58. The lowest BCUT2D eigenvalue weighted by Crippen LogP contribution is -2.46. The zero-order valence-electron chi connectivity index (χ0n) is 13.3. The summed E-state index contributed by atoms with van der Waals surface area (Å²) in [6, 6.07) is 0. The fraction of sp³-hybridized carbons (Fsp3) is 1.00. The van der Waals surface area contributed by atoms with Gasteiger partial charge >= 0.3 is 0 Å². The molecule has 2 heterocycles. The minimum atomic E-state index is 0.462. The first-order chi connectivity index (χ1) is 8.99. The Kier molecular flexibility index (Phi) is 5.27. The first kappa shape index (κ1) is 15.3. The highest BCUT2D eigenvalue weighted by atomic mass is 16.5. The van der Waals surface area contributed by atoms with Gasteiger partial charge in [-0.2, -0.15) is 0 Å². The molecule has 0 saturated carbocycles. The smallest absolute Gasteiger partial charge is 0.0556 e. The second kappa shape index (κ2) is 6.55. The van der Waals surface area contributed by atoms with Gasteiger partial charge in [-0.25, -0.2) is 0 Å². The molecule has 112 valence electrons. The lowest BCUT2D eigenvalue weighted by Gasteiger charge is -2.48. The normalized spacial score (nSPS) is 32.1. The molecule has 0 bridgehead atoms. The molecule has 0 aromatic carbocycles. The molecule has 1 spiro atoms. The van der Waals surface area contributed by atoms with Crippen molar-refractivity contribution in [2.24, 2.45) is 5.41 Å². The molecule has 2 aliphatic rings. The van der Waals surface area contributed by atoms with Crippen LogP contribution in [0.5, 0.6) is 0 Å². The monoisotopic (exact) mass is 268 g/mol. The topological polar surface area (TPSA) is 15.7 Å². The minimum absolute atomic E-state index is 0.462. The Labute approximate surface area is 119 Å². The lowest BCUT2D eigenvalue weighted by molar-refractivity contribution is -0.104. The molecule has 3 nitrogen and oxygen atoms in total. The average Bonchev–Trinajstić information content (AvgIpc) is 2.30. The summed E-state index contributed by atoms with van der Waals surface area (Å²) < 4.78 is 5.91. The molecule has 0 radical (unpaired) electrons. The zero-order valence-corrected chi connectivity index (χ0v) is 13.3. The van der Waals surface area contributed by atoms with Gasteiger partial charge in [-0.05, 0) is 91.6 Å². The summed E-state index contributed by atoms with van der Waals surface area (Å²) in [6.07, 6.45) is 7.55. The van der Waals surface area contributed by atoms with Crippen molar-refractivity contribution in [1.82, 2.24) is 9.80 Å². The highest BCUT2D eigenvalue weighted by Gasteiger charge is 2.40. The van der Waals surface area contributed by atoms with Gasteiger partial charge in [0.25, 0.3) is 0 Å². The highest BCUT2D eigenvalue weighted by Crippen LogP contribution is 2.44. The molecule has 3 heteroatoms. The van der Waals surface area contributed by atoms with Gasteiger partial charge in [0.2, 0.25) is 0 Å². The Hall–Kier alpha value is -0.120.